The van der Waals surface area contributed by atoms with Crippen LogP contribution >= 0.6 is 0 Å². The molecule has 1 aliphatic carbocycles. The third-order valence-electron chi connectivity index (χ3n) is 4.72. The van der Waals surface area contributed by atoms with Crippen molar-refractivity contribution in [1.82, 2.24) is 0 Å². The molecule has 1 fully saturated rings. The van der Waals surface area contributed by atoms with Gasteiger partial charge in [-0.2, -0.15) is 0 Å². The van der Waals surface area contributed by atoms with E-state index in [2.05, 4.69) is 32.7 Å². The van der Waals surface area contributed by atoms with Crippen molar-refractivity contribution in [2.45, 2.75) is 76.8 Å². The molecule has 144 valence electrons. The fraction of sp³-hybridized carbons (Fsp3) is 0.778. The van der Waals surface area contributed by atoms with Gasteiger partial charge < -0.3 is 14.0 Å². The molecule has 0 aliphatic heterocycles. The van der Waals surface area contributed by atoms with Gasteiger partial charge in [-0.25, -0.2) is 9.59 Å². The van der Waals surface area contributed by atoms with Crippen LogP contribution in [0.3, 0.4) is 0 Å². The Hall–Kier alpha value is -0.926. The molecule has 0 spiro atoms. The molecule has 0 saturated heterocycles. The minimum atomic E-state index is -1.91. The van der Waals surface area contributed by atoms with E-state index in [1.54, 1.807) is 0 Å². The highest BCUT2D eigenvalue weighted by Gasteiger charge is 2.41. The Bertz CT molecular complexity index is 476. The highest BCUT2D eigenvalue weighted by atomic mass is 28.4. The van der Waals surface area contributed by atoms with Crippen LogP contribution < -0.4 is 0 Å². The molecule has 1 rings (SSSR count). The number of hydrogen-bond donors (Lipinski definition) is 1. The summed E-state index contributed by atoms with van der Waals surface area (Å²) in [6.07, 6.45) is 8.94. The summed E-state index contributed by atoms with van der Waals surface area (Å²) in [4.78, 5) is 22.1. The van der Waals surface area contributed by atoms with Gasteiger partial charge in [0.2, 0.25) is 0 Å². The van der Waals surface area contributed by atoms with Crippen LogP contribution in [0.15, 0.2) is 12.2 Å². The summed E-state index contributed by atoms with van der Waals surface area (Å²) in [5, 5.41) is 8.56. The van der Waals surface area contributed by atoms with E-state index < -0.39 is 28.6 Å². The maximum absolute atomic E-state index is 11.6. The Morgan fingerprint density at radius 1 is 1.08 bits per heavy atom. The Labute approximate surface area is 154 Å². The molecule has 0 bridgehead atoms. The second-order valence-corrected chi connectivity index (χ2v) is 17.4. The number of carboxylic acid groups (broad SMARTS) is 1. The highest BCUT2D eigenvalue weighted by molar-refractivity contribution is 6.85. The Kier molecular flexibility index (Phi) is 8.57. The van der Waals surface area contributed by atoms with Crippen LogP contribution in [-0.2, 0) is 18.4 Å². The van der Waals surface area contributed by atoms with Crippen LogP contribution in [0.25, 0.3) is 0 Å². The van der Waals surface area contributed by atoms with Gasteiger partial charge in [-0.15, -0.1) is 0 Å². The topological polar surface area (TPSA) is 72.8 Å². The second kappa shape index (κ2) is 9.68. The summed E-state index contributed by atoms with van der Waals surface area (Å²) >= 11 is 0. The summed E-state index contributed by atoms with van der Waals surface area (Å²) in [6.45, 7) is 11.6. The molecular formula is C18H34O5Si2. The molecule has 0 aromatic carbocycles. The average Bonchev–Trinajstić information content (AvgIpc) is 2.47. The standard InChI is InChI=1S/C18H34O5Si2/c1-24(2,3)23-25(4,5)16(15-9-7-6-8-10-15)13-14-22-18(21)12-11-17(19)20/h11-12,15-16H,6-10,13-14H2,1-5H3,(H,19,20)/b12-11+. The molecule has 0 aromatic rings. The fourth-order valence-corrected chi connectivity index (χ4v) is 13.2. The molecule has 25 heavy (non-hydrogen) atoms. The zero-order chi connectivity index (χ0) is 19.1. The van der Waals surface area contributed by atoms with E-state index in [9.17, 15) is 9.59 Å². The lowest BCUT2D eigenvalue weighted by molar-refractivity contribution is -0.139. The lowest BCUT2D eigenvalue weighted by Crippen LogP contribution is -2.48. The fourth-order valence-electron chi connectivity index (χ4n) is 4.03. The first-order valence-corrected chi connectivity index (χ1v) is 15.7. The monoisotopic (exact) mass is 386 g/mol. The van der Waals surface area contributed by atoms with Crippen molar-refractivity contribution >= 4 is 28.6 Å². The van der Waals surface area contributed by atoms with Crippen molar-refractivity contribution < 1.29 is 23.5 Å². The van der Waals surface area contributed by atoms with Crippen LogP contribution in [0.1, 0.15) is 38.5 Å². The van der Waals surface area contributed by atoms with Gasteiger partial charge in [0.05, 0.1) is 6.61 Å². The van der Waals surface area contributed by atoms with Crippen molar-refractivity contribution in [1.29, 1.82) is 0 Å². The van der Waals surface area contributed by atoms with Gasteiger partial charge in [0.15, 0.2) is 16.6 Å². The number of carbonyl (C=O) groups is 2. The molecule has 0 aromatic heterocycles. The zero-order valence-electron chi connectivity index (χ0n) is 16.3. The quantitative estimate of drug-likeness (QED) is 0.357. The molecule has 1 saturated carbocycles. The summed E-state index contributed by atoms with van der Waals surface area (Å²) < 4.78 is 11.9. The number of carboxylic acids is 1. The smallest absolute Gasteiger partial charge is 0.331 e. The van der Waals surface area contributed by atoms with Gasteiger partial charge >= 0.3 is 11.9 Å². The van der Waals surface area contributed by atoms with Crippen LogP contribution in [0.4, 0.5) is 0 Å². The molecule has 1 aliphatic rings. The SMILES string of the molecule is C[Si](C)(C)O[Si](C)(C)C(CCOC(=O)/C=C/C(=O)O)C1CCCCC1. The number of hydrogen-bond acceptors (Lipinski definition) is 4. The van der Waals surface area contributed by atoms with Crippen molar-refractivity contribution in [3.63, 3.8) is 0 Å². The van der Waals surface area contributed by atoms with Crippen LogP contribution in [-0.4, -0.2) is 40.3 Å². The minimum Gasteiger partial charge on any atom is -0.478 e. The first kappa shape index (κ1) is 22.1. The molecule has 0 amide bonds. The number of aliphatic carboxylic acids is 1. The normalized spacial score (nSPS) is 18.3. The molecule has 5 nitrogen and oxygen atoms in total. The van der Waals surface area contributed by atoms with Crippen molar-refractivity contribution in [2.24, 2.45) is 5.92 Å². The largest absolute Gasteiger partial charge is 0.478 e. The lowest BCUT2D eigenvalue weighted by atomic mass is 9.85. The van der Waals surface area contributed by atoms with Crippen molar-refractivity contribution in [2.75, 3.05) is 6.61 Å². The summed E-state index contributed by atoms with van der Waals surface area (Å²) in [5.74, 6) is -1.08. The van der Waals surface area contributed by atoms with Gasteiger partial charge in [-0.1, -0.05) is 32.1 Å². The van der Waals surface area contributed by atoms with Crippen LogP contribution in [0.2, 0.25) is 38.3 Å². The number of carbonyl (C=O) groups excluding carboxylic acids is 1. The van der Waals surface area contributed by atoms with Crippen molar-refractivity contribution in [3.05, 3.63) is 12.2 Å². The van der Waals surface area contributed by atoms with Gasteiger partial charge in [0, 0.05) is 12.2 Å². The molecule has 1 unspecified atom stereocenters. The van der Waals surface area contributed by atoms with Gasteiger partial charge in [0.25, 0.3) is 0 Å². The first-order chi connectivity index (χ1) is 11.5. The van der Waals surface area contributed by atoms with Gasteiger partial charge in [-0.3, -0.25) is 0 Å². The summed E-state index contributed by atoms with van der Waals surface area (Å²) in [7, 11) is -3.53. The Balaban J connectivity index is 2.71. The van der Waals surface area contributed by atoms with Crippen LogP contribution in [0.5, 0.6) is 0 Å². The molecule has 1 N–H and O–H groups in total. The Morgan fingerprint density at radius 2 is 1.68 bits per heavy atom. The van der Waals surface area contributed by atoms with E-state index in [-0.39, 0.29) is 0 Å². The van der Waals surface area contributed by atoms with E-state index in [0.717, 1.165) is 18.6 Å². The maximum Gasteiger partial charge on any atom is 0.331 e. The highest BCUT2D eigenvalue weighted by Crippen LogP contribution is 2.43. The van der Waals surface area contributed by atoms with E-state index >= 15 is 0 Å². The average molecular weight is 387 g/mol. The zero-order valence-corrected chi connectivity index (χ0v) is 18.3. The van der Waals surface area contributed by atoms with Gasteiger partial charge in [-0.05, 0) is 50.6 Å². The minimum absolute atomic E-state index is 0.329. The molecule has 0 radical (unpaired) electrons. The number of rotatable bonds is 9. The Morgan fingerprint density at radius 3 is 2.20 bits per heavy atom. The maximum atomic E-state index is 11.6. The predicted molar refractivity (Wildman–Crippen MR) is 105 cm³/mol. The molecular weight excluding hydrogens is 352 g/mol. The van der Waals surface area contributed by atoms with Crippen LogP contribution in [0, 0.1) is 5.92 Å². The third-order valence-corrected chi connectivity index (χ3v) is 11.8. The predicted octanol–water partition coefficient (Wildman–Crippen LogP) is 4.57. The number of ether oxygens (including phenoxy) is 1. The molecule has 0 heterocycles. The van der Waals surface area contributed by atoms with Gasteiger partial charge in [0.1, 0.15) is 0 Å². The lowest BCUT2D eigenvalue weighted by Gasteiger charge is -2.42. The third kappa shape index (κ3) is 8.83. The second-order valence-electron chi connectivity index (χ2n) is 8.45. The first-order valence-electron chi connectivity index (χ1n) is 9.29. The number of esters is 1. The summed E-state index contributed by atoms with van der Waals surface area (Å²) in [6, 6.07) is 0. The van der Waals surface area contributed by atoms with Crippen molar-refractivity contribution in [3.8, 4) is 0 Å². The van der Waals surface area contributed by atoms with E-state index in [1.165, 1.54) is 32.1 Å². The molecule has 1 atom stereocenters. The summed E-state index contributed by atoms with van der Waals surface area (Å²) in [5.41, 5.74) is 0.468. The van der Waals surface area contributed by atoms with E-state index in [0.29, 0.717) is 18.1 Å². The van der Waals surface area contributed by atoms with E-state index in [4.69, 9.17) is 14.0 Å². The molecule has 7 heteroatoms. The van der Waals surface area contributed by atoms with E-state index in [1.807, 2.05) is 0 Å².